The van der Waals surface area contributed by atoms with Crippen molar-refractivity contribution in [1.82, 2.24) is 0 Å². The molecule has 0 heterocycles. The first-order valence-electron chi connectivity index (χ1n) is 5.60. The molecule has 0 fully saturated rings. The Morgan fingerprint density at radius 1 is 1.11 bits per heavy atom. The van der Waals surface area contributed by atoms with Gasteiger partial charge in [0.25, 0.3) is 0 Å². The van der Waals surface area contributed by atoms with Gasteiger partial charge in [0.05, 0.1) is 10.0 Å². The van der Waals surface area contributed by atoms with Gasteiger partial charge < -0.3 is 5.73 Å². The molecule has 100 valence electrons. The standard InChI is InChI=1S/C14H11BrF3N/c1-7(19)9-3-2-8(16)6-10(9)13-12(17)5-4-11(15)14(13)18/h2-7H,19H2,1H3. The van der Waals surface area contributed by atoms with Gasteiger partial charge in [0.2, 0.25) is 0 Å². The molecule has 0 amide bonds. The smallest absolute Gasteiger partial charge is 0.148 e. The summed E-state index contributed by atoms with van der Waals surface area (Å²) in [5, 5.41) is 0. The number of nitrogens with two attached hydrogens (primary N) is 1. The summed E-state index contributed by atoms with van der Waals surface area (Å²) in [4.78, 5) is 0. The first-order chi connectivity index (χ1) is 8.91. The molecule has 2 rings (SSSR count). The van der Waals surface area contributed by atoms with Crippen LogP contribution in [0.2, 0.25) is 0 Å². The molecule has 0 aliphatic carbocycles. The highest BCUT2D eigenvalue weighted by Gasteiger charge is 2.19. The van der Waals surface area contributed by atoms with Crippen molar-refractivity contribution >= 4 is 15.9 Å². The Balaban J connectivity index is 2.78. The highest BCUT2D eigenvalue weighted by Crippen LogP contribution is 2.35. The average Bonchev–Trinajstić information content (AvgIpc) is 2.34. The monoisotopic (exact) mass is 329 g/mol. The molecule has 0 aliphatic heterocycles. The number of hydrogen-bond acceptors (Lipinski definition) is 1. The van der Waals surface area contributed by atoms with E-state index in [1.165, 1.54) is 18.2 Å². The fourth-order valence-electron chi connectivity index (χ4n) is 1.92. The highest BCUT2D eigenvalue weighted by atomic mass is 79.9. The minimum Gasteiger partial charge on any atom is -0.324 e. The summed E-state index contributed by atoms with van der Waals surface area (Å²) in [6.07, 6.45) is 0. The molecule has 1 atom stereocenters. The van der Waals surface area contributed by atoms with Crippen molar-refractivity contribution in [2.75, 3.05) is 0 Å². The van der Waals surface area contributed by atoms with Gasteiger partial charge in [-0.1, -0.05) is 6.07 Å². The van der Waals surface area contributed by atoms with Crippen LogP contribution in [0.1, 0.15) is 18.5 Å². The van der Waals surface area contributed by atoms with Gasteiger partial charge in [0.1, 0.15) is 17.5 Å². The van der Waals surface area contributed by atoms with Crippen molar-refractivity contribution in [2.45, 2.75) is 13.0 Å². The summed E-state index contributed by atoms with van der Waals surface area (Å²) in [6.45, 7) is 1.67. The van der Waals surface area contributed by atoms with Crippen LogP contribution >= 0.6 is 15.9 Å². The van der Waals surface area contributed by atoms with E-state index in [-0.39, 0.29) is 15.6 Å². The molecule has 2 N–H and O–H groups in total. The van der Waals surface area contributed by atoms with E-state index in [1.807, 2.05) is 0 Å². The van der Waals surface area contributed by atoms with Crippen LogP contribution in [0.4, 0.5) is 13.2 Å². The lowest BCUT2D eigenvalue weighted by molar-refractivity contribution is 0.583. The van der Waals surface area contributed by atoms with E-state index in [9.17, 15) is 13.2 Å². The van der Waals surface area contributed by atoms with Gasteiger partial charge in [-0.3, -0.25) is 0 Å². The van der Waals surface area contributed by atoms with E-state index < -0.39 is 23.5 Å². The Morgan fingerprint density at radius 3 is 2.42 bits per heavy atom. The van der Waals surface area contributed by atoms with Gasteiger partial charge in [-0.15, -0.1) is 0 Å². The molecule has 0 aromatic heterocycles. The number of hydrogen-bond donors (Lipinski definition) is 1. The minimum absolute atomic E-state index is 0.115. The number of halogens is 4. The first-order valence-corrected chi connectivity index (χ1v) is 6.40. The Hall–Kier alpha value is -1.33. The van der Waals surface area contributed by atoms with Crippen LogP contribution in [-0.4, -0.2) is 0 Å². The Labute approximate surface area is 117 Å². The van der Waals surface area contributed by atoms with E-state index in [4.69, 9.17) is 5.73 Å². The fraction of sp³-hybridized carbons (Fsp3) is 0.143. The first kappa shape index (κ1) is 14.1. The Kier molecular flexibility index (Phi) is 3.96. The number of benzene rings is 2. The van der Waals surface area contributed by atoms with Crippen LogP contribution < -0.4 is 5.73 Å². The molecular formula is C14H11BrF3N. The predicted octanol–water partition coefficient (Wildman–Crippen LogP) is 4.55. The molecule has 2 aromatic carbocycles. The van der Waals surface area contributed by atoms with Gasteiger partial charge in [-0.25, -0.2) is 13.2 Å². The van der Waals surface area contributed by atoms with Gasteiger partial charge in [-0.05, 0) is 58.2 Å². The fourth-order valence-corrected chi connectivity index (χ4v) is 2.25. The van der Waals surface area contributed by atoms with E-state index >= 15 is 0 Å². The van der Waals surface area contributed by atoms with Gasteiger partial charge in [-0.2, -0.15) is 0 Å². The van der Waals surface area contributed by atoms with Gasteiger partial charge in [0.15, 0.2) is 0 Å². The molecule has 0 aliphatic rings. The zero-order valence-electron chi connectivity index (χ0n) is 10.1. The second-order valence-corrected chi connectivity index (χ2v) is 5.09. The largest absolute Gasteiger partial charge is 0.324 e. The van der Waals surface area contributed by atoms with Crippen molar-refractivity contribution in [2.24, 2.45) is 5.73 Å². The summed E-state index contributed by atoms with van der Waals surface area (Å²) in [5.41, 5.74) is 6.10. The minimum atomic E-state index is -0.771. The van der Waals surface area contributed by atoms with Crippen LogP contribution in [0.25, 0.3) is 11.1 Å². The SMILES string of the molecule is CC(N)c1ccc(F)cc1-c1c(F)ccc(Br)c1F. The van der Waals surface area contributed by atoms with Crippen LogP contribution in [0, 0.1) is 17.5 Å². The Bertz CT molecular complexity index is 626. The third-order valence-corrected chi connectivity index (χ3v) is 3.43. The van der Waals surface area contributed by atoms with Crippen LogP contribution in [0.5, 0.6) is 0 Å². The topological polar surface area (TPSA) is 26.0 Å². The van der Waals surface area contributed by atoms with Crippen LogP contribution in [-0.2, 0) is 0 Å². The molecule has 0 saturated heterocycles. The van der Waals surface area contributed by atoms with Gasteiger partial charge in [0, 0.05) is 6.04 Å². The summed E-state index contributed by atoms with van der Waals surface area (Å²) in [5.74, 6) is -2.10. The predicted molar refractivity (Wildman–Crippen MR) is 72.1 cm³/mol. The molecule has 0 bridgehead atoms. The highest BCUT2D eigenvalue weighted by molar-refractivity contribution is 9.10. The molecule has 0 radical (unpaired) electrons. The lowest BCUT2D eigenvalue weighted by atomic mass is 9.95. The third kappa shape index (κ3) is 2.67. The number of rotatable bonds is 2. The van der Waals surface area contributed by atoms with Crippen molar-refractivity contribution in [3.8, 4) is 11.1 Å². The second kappa shape index (κ2) is 5.35. The van der Waals surface area contributed by atoms with Crippen molar-refractivity contribution in [1.29, 1.82) is 0 Å². The molecule has 5 heteroatoms. The van der Waals surface area contributed by atoms with E-state index in [0.29, 0.717) is 5.56 Å². The summed E-state index contributed by atoms with van der Waals surface area (Å²) in [6, 6.07) is 5.67. The normalized spacial score (nSPS) is 12.5. The van der Waals surface area contributed by atoms with E-state index in [1.54, 1.807) is 6.92 Å². The van der Waals surface area contributed by atoms with Crippen LogP contribution in [0.15, 0.2) is 34.8 Å². The van der Waals surface area contributed by atoms with Crippen molar-refractivity contribution in [3.05, 3.63) is 57.8 Å². The van der Waals surface area contributed by atoms with Crippen molar-refractivity contribution in [3.63, 3.8) is 0 Å². The lowest BCUT2D eigenvalue weighted by Gasteiger charge is -2.15. The molecule has 19 heavy (non-hydrogen) atoms. The maximum Gasteiger partial charge on any atom is 0.148 e. The molecule has 0 saturated carbocycles. The molecule has 0 spiro atoms. The average molecular weight is 330 g/mol. The Morgan fingerprint density at radius 2 is 1.79 bits per heavy atom. The summed E-state index contributed by atoms with van der Waals surface area (Å²) >= 11 is 2.99. The zero-order valence-corrected chi connectivity index (χ0v) is 11.6. The maximum atomic E-state index is 14.1. The summed E-state index contributed by atoms with van der Waals surface area (Å²) < 4.78 is 41.4. The third-order valence-electron chi connectivity index (χ3n) is 2.82. The van der Waals surface area contributed by atoms with Crippen LogP contribution in [0.3, 0.4) is 0 Å². The van der Waals surface area contributed by atoms with Crippen molar-refractivity contribution < 1.29 is 13.2 Å². The molecular weight excluding hydrogens is 319 g/mol. The lowest BCUT2D eigenvalue weighted by Crippen LogP contribution is -2.08. The second-order valence-electron chi connectivity index (χ2n) is 4.24. The quantitative estimate of drug-likeness (QED) is 0.803. The molecule has 1 nitrogen and oxygen atoms in total. The van der Waals surface area contributed by atoms with E-state index in [0.717, 1.165) is 12.1 Å². The summed E-state index contributed by atoms with van der Waals surface area (Å²) in [7, 11) is 0. The zero-order chi connectivity index (χ0) is 14.2. The molecule has 1 unspecified atom stereocenters. The van der Waals surface area contributed by atoms with Gasteiger partial charge >= 0.3 is 0 Å². The molecule has 2 aromatic rings. The van der Waals surface area contributed by atoms with E-state index in [2.05, 4.69) is 15.9 Å². The maximum absolute atomic E-state index is 14.1.